The molecule has 0 fully saturated rings. The molecule has 0 bridgehead atoms. The van der Waals surface area contributed by atoms with Crippen molar-refractivity contribution in [1.82, 2.24) is 21.3 Å². The monoisotopic (exact) mass is 518 g/mol. The van der Waals surface area contributed by atoms with E-state index in [1.54, 1.807) is 0 Å². The first-order valence-electron chi connectivity index (χ1n) is 12.1. The van der Waals surface area contributed by atoms with Crippen molar-refractivity contribution in [2.45, 2.75) is 53.0 Å². The van der Waals surface area contributed by atoms with E-state index in [2.05, 4.69) is 21.3 Å². The van der Waals surface area contributed by atoms with Gasteiger partial charge in [-0.3, -0.25) is 19.2 Å². The van der Waals surface area contributed by atoms with Crippen LogP contribution in [0.1, 0.15) is 47.0 Å². The maximum atomic E-state index is 12.3. The maximum Gasteiger partial charge on any atom is 0.326 e. The summed E-state index contributed by atoms with van der Waals surface area (Å²) in [7, 11) is 0. The Balaban J connectivity index is 4.05. The Morgan fingerprint density at radius 3 is 2.14 bits per heavy atom. The predicted octanol–water partition coefficient (Wildman–Crippen LogP) is -0.652. The molecule has 0 aliphatic heterocycles. The molecule has 0 aromatic carbocycles. The highest BCUT2D eigenvalue weighted by molar-refractivity contribution is 5.86. The Kier molecular flexibility index (Phi) is 17.1. The zero-order valence-electron chi connectivity index (χ0n) is 21.7. The number of carboxylic acids is 2. The Hall–Kier alpha value is -2.77. The molecule has 0 spiro atoms. The molecule has 0 rings (SSSR count). The van der Waals surface area contributed by atoms with Crippen LogP contribution in [0.15, 0.2) is 0 Å². The van der Waals surface area contributed by atoms with Gasteiger partial charge in [-0.25, -0.2) is 4.79 Å². The topological polar surface area (TPSA) is 192 Å². The number of likely N-dealkylation sites (N-methyl/N-ethyl adjacent to an activating group) is 1. The van der Waals surface area contributed by atoms with E-state index >= 15 is 0 Å². The first kappa shape index (κ1) is 33.2. The highest BCUT2D eigenvalue weighted by Crippen LogP contribution is 2.25. The molecule has 36 heavy (non-hydrogen) atoms. The molecule has 0 heterocycles. The lowest BCUT2D eigenvalue weighted by Gasteiger charge is -2.24. The van der Waals surface area contributed by atoms with Crippen LogP contribution in [0, 0.1) is 11.3 Å². The first-order chi connectivity index (χ1) is 16.9. The summed E-state index contributed by atoms with van der Waals surface area (Å²) in [6.07, 6.45) is -0.207. The quantitative estimate of drug-likeness (QED) is 0.106. The molecule has 6 N–H and O–H groups in total. The van der Waals surface area contributed by atoms with Gasteiger partial charge in [0.2, 0.25) is 17.7 Å². The summed E-state index contributed by atoms with van der Waals surface area (Å²) in [5.41, 5.74) is -1.13. The third kappa shape index (κ3) is 16.0. The van der Waals surface area contributed by atoms with Gasteiger partial charge in [0.05, 0.1) is 25.2 Å². The van der Waals surface area contributed by atoms with Crippen LogP contribution in [-0.4, -0.2) is 98.5 Å². The minimum absolute atomic E-state index is 0.0377. The normalized spacial score (nSPS) is 12.9. The summed E-state index contributed by atoms with van der Waals surface area (Å²) in [6.45, 7) is 9.33. The molecule has 0 aromatic rings. The van der Waals surface area contributed by atoms with Crippen LogP contribution < -0.4 is 21.3 Å². The Bertz CT molecular complexity index is 716. The lowest BCUT2D eigenvalue weighted by atomic mass is 9.83. The Morgan fingerprint density at radius 2 is 1.53 bits per heavy atom. The minimum Gasteiger partial charge on any atom is -0.481 e. The van der Waals surface area contributed by atoms with Gasteiger partial charge in [0.15, 0.2) is 0 Å². The molecule has 0 aromatic heterocycles. The highest BCUT2D eigenvalue weighted by Gasteiger charge is 2.33. The second-order valence-corrected chi connectivity index (χ2v) is 8.95. The molecule has 0 aliphatic carbocycles. The van der Waals surface area contributed by atoms with E-state index in [1.807, 2.05) is 6.92 Å². The second-order valence-electron chi connectivity index (χ2n) is 8.95. The number of aliphatic carboxylic acids is 2. The summed E-state index contributed by atoms with van der Waals surface area (Å²) >= 11 is 0. The fraction of sp³-hybridized carbons (Fsp3) is 0.783. The number of carbonyl (C=O) groups excluding carboxylic acids is 3. The van der Waals surface area contributed by atoms with Gasteiger partial charge >= 0.3 is 11.9 Å². The summed E-state index contributed by atoms with van der Waals surface area (Å²) in [6, 6.07) is -1.27. The summed E-state index contributed by atoms with van der Waals surface area (Å²) in [5, 5.41) is 29.3. The third-order valence-electron chi connectivity index (χ3n) is 5.17. The van der Waals surface area contributed by atoms with Gasteiger partial charge in [0.1, 0.15) is 12.6 Å². The van der Waals surface area contributed by atoms with E-state index in [-0.39, 0.29) is 58.1 Å². The largest absolute Gasteiger partial charge is 0.481 e. The molecule has 0 aliphatic rings. The molecule has 0 radical (unpaired) electrons. The standard InChI is InChI=1S/C23H42N4O9/c1-5-24-8-9-25-19(29)15-36-13-12-35-11-10-26-18(28)7-6-17(21(31)32)27-20(30)16(2)14-23(3,4)22(33)34/h16-17,24H,5-15H2,1-4H3,(H,25,29)(H,26,28)(H,27,30)(H,31,32)(H,33,34). The van der Waals surface area contributed by atoms with E-state index in [1.165, 1.54) is 20.8 Å². The number of hydrogen-bond acceptors (Lipinski definition) is 8. The van der Waals surface area contributed by atoms with Crippen molar-refractivity contribution >= 4 is 29.7 Å². The van der Waals surface area contributed by atoms with Crippen LogP contribution in [0.2, 0.25) is 0 Å². The smallest absolute Gasteiger partial charge is 0.326 e. The molecular weight excluding hydrogens is 476 g/mol. The van der Waals surface area contributed by atoms with Crippen molar-refractivity contribution < 1.29 is 43.7 Å². The summed E-state index contributed by atoms with van der Waals surface area (Å²) in [4.78, 5) is 58.5. The lowest BCUT2D eigenvalue weighted by Crippen LogP contribution is -2.45. The van der Waals surface area contributed by atoms with E-state index < -0.39 is 41.1 Å². The number of amides is 3. The van der Waals surface area contributed by atoms with Crippen LogP contribution >= 0.6 is 0 Å². The van der Waals surface area contributed by atoms with E-state index in [0.29, 0.717) is 13.1 Å². The molecule has 0 saturated heterocycles. The van der Waals surface area contributed by atoms with Crippen LogP contribution in [0.5, 0.6) is 0 Å². The Labute approximate surface area is 212 Å². The fourth-order valence-corrected chi connectivity index (χ4v) is 3.05. The van der Waals surface area contributed by atoms with Crippen molar-refractivity contribution in [3.8, 4) is 0 Å². The van der Waals surface area contributed by atoms with Crippen molar-refractivity contribution in [1.29, 1.82) is 0 Å². The van der Waals surface area contributed by atoms with Crippen molar-refractivity contribution in [3.63, 3.8) is 0 Å². The first-order valence-corrected chi connectivity index (χ1v) is 12.1. The highest BCUT2D eigenvalue weighted by atomic mass is 16.5. The number of hydrogen-bond donors (Lipinski definition) is 6. The average Bonchev–Trinajstić information content (AvgIpc) is 2.80. The molecule has 3 amide bonds. The zero-order chi connectivity index (χ0) is 27.6. The van der Waals surface area contributed by atoms with Crippen LogP contribution in [-0.2, 0) is 33.4 Å². The van der Waals surface area contributed by atoms with Gasteiger partial charge in [-0.15, -0.1) is 0 Å². The molecule has 208 valence electrons. The van der Waals surface area contributed by atoms with E-state index in [0.717, 1.165) is 6.54 Å². The number of rotatable bonds is 21. The molecule has 2 atom stereocenters. The molecule has 13 nitrogen and oxygen atoms in total. The fourth-order valence-electron chi connectivity index (χ4n) is 3.05. The van der Waals surface area contributed by atoms with Gasteiger partial charge in [-0.1, -0.05) is 13.8 Å². The SMILES string of the molecule is CCNCCNC(=O)COCCOCCNC(=O)CCC(NC(=O)C(C)CC(C)(C)C(=O)O)C(=O)O. The number of ether oxygens (including phenoxy) is 2. The van der Waals surface area contributed by atoms with Gasteiger partial charge < -0.3 is 41.0 Å². The van der Waals surface area contributed by atoms with E-state index in [9.17, 15) is 34.2 Å². The predicted molar refractivity (Wildman–Crippen MR) is 130 cm³/mol. The number of carbonyl (C=O) groups is 5. The Morgan fingerprint density at radius 1 is 0.889 bits per heavy atom. The van der Waals surface area contributed by atoms with Crippen LogP contribution in [0.25, 0.3) is 0 Å². The van der Waals surface area contributed by atoms with Gasteiger partial charge in [-0.2, -0.15) is 0 Å². The van der Waals surface area contributed by atoms with E-state index in [4.69, 9.17) is 9.47 Å². The minimum atomic E-state index is -1.28. The van der Waals surface area contributed by atoms with Crippen molar-refractivity contribution in [3.05, 3.63) is 0 Å². The van der Waals surface area contributed by atoms with Crippen molar-refractivity contribution in [2.75, 3.05) is 52.6 Å². The summed E-state index contributed by atoms with van der Waals surface area (Å²) in [5.74, 6) is -4.25. The second kappa shape index (κ2) is 18.5. The van der Waals surface area contributed by atoms with Gasteiger partial charge in [0, 0.05) is 32.0 Å². The average molecular weight is 519 g/mol. The molecule has 0 saturated carbocycles. The third-order valence-corrected chi connectivity index (χ3v) is 5.17. The van der Waals surface area contributed by atoms with Crippen LogP contribution in [0.4, 0.5) is 0 Å². The number of nitrogens with one attached hydrogen (secondary N) is 4. The van der Waals surface area contributed by atoms with Crippen molar-refractivity contribution in [2.24, 2.45) is 11.3 Å². The lowest BCUT2D eigenvalue weighted by molar-refractivity contribution is -0.149. The maximum absolute atomic E-state index is 12.3. The van der Waals surface area contributed by atoms with Gasteiger partial charge in [-0.05, 0) is 33.2 Å². The zero-order valence-corrected chi connectivity index (χ0v) is 21.7. The molecular formula is C23H42N4O9. The number of carboxylic acid groups (broad SMARTS) is 2. The molecule has 2 unspecified atom stereocenters. The van der Waals surface area contributed by atoms with Crippen LogP contribution in [0.3, 0.4) is 0 Å². The molecule has 13 heteroatoms. The van der Waals surface area contributed by atoms with Gasteiger partial charge in [0.25, 0.3) is 0 Å². The summed E-state index contributed by atoms with van der Waals surface area (Å²) < 4.78 is 10.5.